The third-order valence-corrected chi connectivity index (χ3v) is 4.19. The Morgan fingerprint density at radius 1 is 1.33 bits per heavy atom. The highest BCUT2D eigenvalue weighted by Crippen LogP contribution is 2.45. The largest absolute Gasteiger partial charge is 0.487 e. The minimum absolute atomic E-state index is 0.190. The Bertz CT molecular complexity index is 419. The summed E-state index contributed by atoms with van der Waals surface area (Å²) in [6, 6.07) is 4.54. The van der Waals surface area contributed by atoms with Gasteiger partial charge in [-0.3, -0.25) is 0 Å². The molecule has 1 heterocycles. The fourth-order valence-electron chi connectivity index (χ4n) is 3.45. The van der Waals surface area contributed by atoms with E-state index >= 15 is 0 Å². The quantitative estimate of drug-likeness (QED) is 0.883. The van der Waals surface area contributed by atoms with Gasteiger partial charge in [-0.25, -0.2) is 4.98 Å². The number of anilines is 1. The van der Waals surface area contributed by atoms with Gasteiger partial charge in [0.1, 0.15) is 0 Å². The average molecular weight is 246 g/mol. The van der Waals surface area contributed by atoms with E-state index in [1.807, 2.05) is 32.2 Å². The van der Waals surface area contributed by atoms with Gasteiger partial charge in [-0.2, -0.15) is 0 Å². The molecule has 1 aromatic heterocycles. The van der Waals surface area contributed by atoms with Crippen molar-refractivity contribution < 1.29 is 4.74 Å². The number of aromatic nitrogens is 1. The first kappa shape index (κ1) is 11.8. The molecule has 3 atom stereocenters. The predicted molar refractivity (Wildman–Crippen MR) is 72.9 cm³/mol. The fourth-order valence-corrected chi connectivity index (χ4v) is 3.45. The van der Waals surface area contributed by atoms with Crippen molar-refractivity contribution in [1.82, 2.24) is 4.98 Å². The first-order valence-electron chi connectivity index (χ1n) is 7.10. The van der Waals surface area contributed by atoms with Gasteiger partial charge in [-0.05, 0) is 57.1 Å². The van der Waals surface area contributed by atoms with Gasteiger partial charge in [-0.15, -0.1) is 0 Å². The summed E-state index contributed by atoms with van der Waals surface area (Å²) in [5.74, 6) is 3.61. The molecule has 2 saturated carbocycles. The van der Waals surface area contributed by atoms with Crippen LogP contribution in [0.25, 0.3) is 0 Å². The van der Waals surface area contributed by atoms with Crippen LogP contribution in [0.4, 0.5) is 5.82 Å². The zero-order valence-electron chi connectivity index (χ0n) is 11.2. The number of nitrogens with zero attached hydrogens (tertiary/aromatic N) is 1. The molecular weight excluding hydrogens is 224 g/mol. The molecule has 3 unspecified atom stereocenters. The number of nitrogens with one attached hydrogen (secondary N) is 1. The molecule has 2 fully saturated rings. The fraction of sp³-hybridized carbons (Fsp3) is 0.667. The van der Waals surface area contributed by atoms with E-state index in [2.05, 4.69) is 10.3 Å². The van der Waals surface area contributed by atoms with Gasteiger partial charge in [0.05, 0.1) is 6.10 Å². The maximum absolute atomic E-state index is 5.81. The third-order valence-electron chi connectivity index (χ3n) is 4.19. The number of ether oxygens (including phenoxy) is 1. The van der Waals surface area contributed by atoms with Gasteiger partial charge in [0.15, 0.2) is 11.6 Å². The van der Waals surface area contributed by atoms with Gasteiger partial charge < -0.3 is 10.1 Å². The molecule has 1 N–H and O–H groups in total. The van der Waals surface area contributed by atoms with Crippen LogP contribution < -0.4 is 10.1 Å². The van der Waals surface area contributed by atoms with Crippen LogP contribution in [0.3, 0.4) is 0 Å². The molecule has 98 valence electrons. The van der Waals surface area contributed by atoms with Crippen LogP contribution in [-0.2, 0) is 0 Å². The average Bonchev–Trinajstić information content (AvgIpc) is 2.93. The summed E-state index contributed by atoms with van der Waals surface area (Å²) in [6.45, 7) is 4.10. The number of pyridine rings is 1. The third kappa shape index (κ3) is 2.31. The summed E-state index contributed by atoms with van der Waals surface area (Å²) in [6.07, 6.45) is 7.56. The van der Waals surface area contributed by atoms with Crippen LogP contribution >= 0.6 is 0 Å². The first-order chi connectivity index (χ1) is 8.72. The second-order valence-corrected chi connectivity index (χ2v) is 5.94. The molecule has 0 saturated heterocycles. The summed E-state index contributed by atoms with van der Waals surface area (Å²) in [4.78, 5) is 4.44. The Morgan fingerprint density at radius 3 is 2.89 bits per heavy atom. The second kappa shape index (κ2) is 4.79. The van der Waals surface area contributed by atoms with E-state index in [4.69, 9.17) is 4.74 Å². The monoisotopic (exact) mass is 246 g/mol. The minimum Gasteiger partial charge on any atom is -0.487 e. The van der Waals surface area contributed by atoms with Crippen molar-refractivity contribution in [3.63, 3.8) is 0 Å². The lowest BCUT2D eigenvalue weighted by atomic mass is 9.95. The van der Waals surface area contributed by atoms with Gasteiger partial charge in [0.25, 0.3) is 0 Å². The van der Waals surface area contributed by atoms with Gasteiger partial charge in [0, 0.05) is 12.2 Å². The van der Waals surface area contributed by atoms with Crippen molar-refractivity contribution in [1.29, 1.82) is 0 Å². The van der Waals surface area contributed by atoms with Crippen molar-refractivity contribution in [3.05, 3.63) is 18.3 Å². The summed E-state index contributed by atoms with van der Waals surface area (Å²) >= 11 is 0. The zero-order valence-corrected chi connectivity index (χ0v) is 11.2. The molecule has 2 aliphatic rings. The molecular formula is C15H22N2O. The Labute approximate surface area is 109 Å². The molecule has 3 heteroatoms. The van der Waals surface area contributed by atoms with Crippen molar-refractivity contribution in [2.45, 2.75) is 51.7 Å². The van der Waals surface area contributed by atoms with Gasteiger partial charge in [0.2, 0.25) is 0 Å². The highest BCUT2D eigenvalue weighted by molar-refractivity contribution is 5.50. The van der Waals surface area contributed by atoms with Crippen LogP contribution in [-0.4, -0.2) is 17.1 Å². The van der Waals surface area contributed by atoms with Crippen molar-refractivity contribution in [3.8, 4) is 5.75 Å². The van der Waals surface area contributed by atoms with E-state index in [1.165, 1.54) is 25.7 Å². The Balaban J connectivity index is 1.72. The highest BCUT2D eigenvalue weighted by Gasteiger charge is 2.39. The number of hydrogen-bond acceptors (Lipinski definition) is 3. The number of fused-ring (bicyclic) bond motifs is 2. The lowest BCUT2D eigenvalue weighted by Crippen LogP contribution is -2.26. The summed E-state index contributed by atoms with van der Waals surface area (Å²) < 4.78 is 5.81. The first-order valence-corrected chi connectivity index (χ1v) is 7.10. The SMILES string of the molecule is CC(C)Oc1cccnc1NC1CC2CCC1C2. The van der Waals surface area contributed by atoms with Crippen LogP contribution in [0.5, 0.6) is 5.75 Å². The van der Waals surface area contributed by atoms with E-state index in [9.17, 15) is 0 Å². The summed E-state index contributed by atoms with van der Waals surface area (Å²) in [5.41, 5.74) is 0. The molecule has 2 aliphatic carbocycles. The maximum atomic E-state index is 5.81. The van der Waals surface area contributed by atoms with Gasteiger partial charge in [-0.1, -0.05) is 6.42 Å². The normalized spacial score (nSPS) is 29.8. The molecule has 3 nitrogen and oxygen atoms in total. The standard InChI is InChI=1S/C15H22N2O/c1-10(2)18-14-4-3-7-16-15(14)17-13-9-11-5-6-12(13)8-11/h3-4,7,10-13H,5-6,8-9H2,1-2H3,(H,16,17). The van der Waals surface area contributed by atoms with Crippen LogP contribution in [0.15, 0.2) is 18.3 Å². The summed E-state index contributed by atoms with van der Waals surface area (Å²) in [7, 11) is 0. The van der Waals surface area contributed by atoms with Crippen molar-refractivity contribution in [2.75, 3.05) is 5.32 Å². The Morgan fingerprint density at radius 2 is 2.22 bits per heavy atom. The zero-order chi connectivity index (χ0) is 12.5. The lowest BCUT2D eigenvalue weighted by Gasteiger charge is -2.24. The molecule has 0 aromatic carbocycles. The Kier molecular flexibility index (Phi) is 3.14. The van der Waals surface area contributed by atoms with E-state index in [-0.39, 0.29) is 6.10 Å². The highest BCUT2D eigenvalue weighted by atomic mass is 16.5. The van der Waals surface area contributed by atoms with E-state index < -0.39 is 0 Å². The molecule has 0 amide bonds. The maximum Gasteiger partial charge on any atom is 0.168 e. The molecule has 0 radical (unpaired) electrons. The smallest absolute Gasteiger partial charge is 0.168 e. The molecule has 0 aliphatic heterocycles. The number of hydrogen-bond donors (Lipinski definition) is 1. The number of rotatable bonds is 4. The molecule has 18 heavy (non-hydrogen) atoms. The molecule has 0 spiro atoms. The van der Waals surface area contributed by atoms with Crippen LogP contribution in [0.1, 0.15) is 39.5 Å². The van der Waals surface area contributed by atoms with Gasteiger partial charge >= 0.3 is 0 Å². The van der Waals surface area contributed by atoms with Crippen molar-refractivity contribution in [2.24, 2.45) is 11.8 Å². The Hall–Kier alpha value is -1.25. The van der Waals surface area contributed by atoms with E-state index in [1.54, 1.807) is 0 Å². The van der Waals surface area contributed by atoms with E-state index in [0.717, 1.165) is 23.4 Å². The topological polar surface area (TPSA) is 34.1 Å². The van der Waals surface area contributed by atoms with Crippen molar-refractivity contribution >= 4 is 5.82 Å². The van der Waals surface area contributed by atoms with E-state index in [0.29, 0.717) is 6.04 Å². The predicted octanol–water partition coefficient (Wildman–Crippen LogP) is 3.47. The molecule has 2 bridgehead atoms. The minimum atomic E-state index is 0.190. The van der Waals surface area contributed by atoms with Crippen LogP contribution in [0, 0.1) is 11.8 Å². The summed E-state index contributed by atoms with van der Waals surface area (Å²) in [5, 5.41) is 3.61. The molecule has 1 aromatic rings. The molecule has 3 rings (SSSR count). The second-order valence-electron chi connectivity index (χ2n) is 5.94. The van der Waals surface area contributed by atoms with Crippen LogP contribution in [0.2, 0.25) is 0 Å². The lowest BCUT2D eigenvalue weighted by molar-refractivity contribution is 0.242.